The summed E-state index contributed by atoms with van der Waals surface area (Å²) in [5.74, 6) is -0.204. The molecule has 2 rings (SSSR count). The van der Waals surface area contributed by atoms with Gasteiger partial charge in [-0.2, -0.15) is 0 Å². The lowest BCUT2D eigenvalue weighted by Crippen LogP contribution is -2.32. The van der Waals surface area contributed by atoms with Crippen molar-refractivity contribution in [3.05, 3.63) is 28.2 Å². The summed E-state index contributed by atoms with van der Waals surface area (Å²) < 4.78 is 6.72. The van der Waals surface area contributed by atoms with Crippen LogP contribution in [0.4, 0.5) is 0 Å². The fourth-order valence-corrected chi connectivity index (χ4v) is 2.54. The zero-order valence-corrected chi connectivity index (χ0v) is 11.8. The first-order valence-corrected chi connectivity index (χ1v) is 6.88. The number of carbonyl (C=O) groups excluding carboxylic acids is 1. The Morgan fingerprint density at radius 2 is 2.05 bits per heavy atom. The SMILES string of the molecule is COc1cn(CC(N)=O)c(CN2CCCCC2)cc1=O. The summed E-state index contributed by atoms with van der Waals surface area (Å²) in [6.45, 7) is 2.76. The molecule has 0 radical (unpaired) electrons. The number of ether oxygens (including phenoxy) is 1. The summed E-state index contributed by atoms with van der Waals surface area (Å²) in [4.78, 5) is 25.3. The van der Waals surface area contributed by atoms with E-state index in [1.807, 2.05) is 0 Å². The second-order valence-corrected chi connectivity index (χ2v) is 5.13. The van der Waals surface area contributed by atoms with Crippen LogP contribution in [0.1, 0.15) is 25.0 Å². The van der Waals surface area contributed by atoms with Gasteiger partial charge in [0.15, 0.2) is 5.75 Å². The first-order valence-electron chi connectivity index (χ1n) is 6.88. The Hall–Kier alpha value is -1.82. The molecule has 20 heavy (non-hydrogen) atoms. The summed E-state index contributed by atoms with van der Waals surface area (Å²) in [5, 5.41) is 0. The van der Waals surface area contributed by atoms with Gasteiger partial charge < -0.3 is 15.0 Å². The molecule has 0 saturated carbocycles. The topological polar surface area (TPSA) is 77.6 Å². The van der Waals surface area contributed by atoms with Crippen molar-refractivity contribution in [2.45, 2.75) is 32.4 Å². The average molecular weight is 279 g/mol. The summed E-state index contributed by atoms with van der Waals surface area (Å²) in [7, 11) is 1.44. The molecule has 0 spiro atoms. The van der Waals surface area contributed by atoms with E-state index in [9.17, 15) is 9.59 Å². The molecule has 0 unspecified atom stereocenters. The number of piperidine rings is 1. The van der Waals surface area contributed by atoms with Gasteiger partial charge in [0, 0.05) is 18.3 Å². The predicted molar refractivity (Wildman–Crippen MR) is 75.6 cm³/mol. The van der Waals surface area contributed by atoms with E-state index in [1.165, 1.54) is 32.4 Å². The van der Waals surface area contributed by atoms with E-state index in [4.69, 9.17) is 10.5 Å². The molecule has 1 aliphatic rings. The second-order valence-electron chi connectivity index (χ2n) is 5.13. The van der Waals surface area contributed by atoms with Crippen molar-refractivity contribution < 1.29 is 9.53 Å². The van der Waals surface area contributed by atoms with Crippen molar-refractivity contribution in [3.63, 3.8) is 0 Å². The quantitative estimate of drug-likeness (QED) is 0.842. The second kappa shape index (κ2) is 6.56. The Morgan fingerprint density at radius 3 is 2.65 bits per heavy atom. The van der Waals surface area contributed by atoms with E-state index in [0.717, 1.165) is 18.8 Å². The monoisotopic (exact) mass is 279 g/mol. The van der Waals surface area contributed by atoms with Crippen molar-refractivity contribution in [2.24, 2.45) is 5.73 Å². The number of nitrogens with zero attached hydrogens (tertiary/aromatic N) is 2. The van der Waals surface area contributed by atoms with Gasteiger partial charge in [-0.05, 0) is 25.9 Å². The number of pyridine rings is 1. The molecule has 1 aliphatic heterocycles. The van der Waals surface area contributed by atoms with E-state index in [1.54, 1.807) is 10.8 Å². The molecular formula is C14H21N3O3. The van der Waals surface area contributed by atoms with Crippen LogP contribution >= 0.6 is 0 Å². The lowest BCUT2D eigenvalue weighted by atomic mass is 10.1. The van der Waals surface area contributed by atoms with Gasteiger partial charge in [0.25, 0.3) is 0 Å². The summed E-state index contributed by atoms with van der Waals surface area (Å²) in [6.07, 6.45) is 5.17. The van der Waals surface area contributed by atoms with Crippen LogP contribution in [0.5, 0.6) is 5.75 Å². The van der Waals surface area contributed by atoms with Crippen LogP contribution in [0.2, 0.25) is 0 Å². The summed E-state index contributed by atoms with van der Waals surface area (Å²) in [6, 6.07) is 1.54. The number of aromatic nitrogens is 1. The Labute approximate surface area is 118 Å². The van der Waals surface area contributed by atoms with Crippen LogP contribution in [-0.2, 0) is 17.9 Å². The Balaban J connectivity index is 2.26. The van der Waals surface area contributed by atoms with Crippen molar-refractivity contribution in [1.29, 1.82) is 0 Å². The highest BCUT2D eigenvalue weighted by Crippen LogP contribution is 2.14. The van der Waals surface area contributed by atoms with Gasteiger partial charge in [-0.15, -0.1) is 0 Å². The summed E-state index contributed by atoms with van der Waals surface area (Å²) in [5.41, 5.74) is 5.90. The number of likely N-dealkylation sites (tertiary alicyclic amines) is 1. The third-order valence-corrected chi connectivity index (χ3v) is 3.56. The minimum Gasteiger partial charge on any atom is -0.491 e. The molecule has 6 nitrogen and oxygen atoms in total. The Morgan fingerprint density at radius 1 is 1.35 bits per heavy atom. The van der Waals surface area contributed by atoms with Gasteiger partial charge in [-0.3, -0.25) is 14.5 Å². The van der Waals surface area contributed by atoms with Crippen LogP contribution in [0.3, 0.4) is 0 Å². The number of hydrogen-bond donors (Lipinski definition) is 1. The number of methoxy groups -OCH3 is 1. The zero-order chi connectivity index (χ0) is 14.5. The Bertz CT molecular complexity index is 533. The van der Waals surface area contributed by atoms with E-state index >= 15 is 0 Å². The largest absolute Gasteiger partial charge is 0.491 e. The number of amides is 1. The molecule has 0 atom stereocenters. The maximum Gasteiger partial charge on any atom is 0.237 e. The number of carbonyl (C=O) groups is 1. The zero-order valence-electron chi connectivity index (χ0n) is 11.8. The van der Waals surface area contributed by atoms with Crippen LogP contribution in [0, 0.1) is 0 Å². The lowest BCUT2D eigenvalue weighted by molar-refractivity contribution is -0.118. The highest BCUT2D eigenvalue weighted by molar-refractivity contribution is 5.73. The standard InChI is InChI=1S/C14H21N3O3/c1-20-13-9-17(10-14(15)19)11(7-12(13)18)8-16-5-3-2-4-6-16/h7,9H,2-6,8,10H2,1H3,(H2,15,19). The fraction of sp³-hybridized carbons (Fsp3) is 0.571. The third kappa shape index (κ3) is 3.60. The first-order chi connectivity index (χ1) is 9.60. The predicted octanol–water partition coefficient (Wildman–Crippen LogP) is 0.328. The lowest BCUT2D eigenvalue weighted by Gasteiger charge is -2.27. The molecule has 2 heterocycles. The normalized spacial score (nSPS) is 16.1. The van der Waals surface area contributed by atoms with Crippen molar-refractivity contribution in [2.75, 3.05) is 20.2 Å². The van der Waals surface area contributed by atoms with Crippen LogP contribution in [-0.4, -0.2) is 35.6 Å². The van der Waals surface area contributed by atoms with E-state index in [0.29, 0.717) is 6.54 Å². The van der Waals surface area contributed by atoms with Gasteiger partial charge in [0.2, 0.25) is 11.3 Å². The van der Waals surface area contributed by atoms with Gasteiger partial charge in [-0.25, -0.2) is 0 Å². The first kappa shape index (κ1) is 14.6. The maximum absolute atomic E-state index is 11.9. The molecule has 1 amide bonds. The van der Waals surface area contributed by atoms with Crippen LogP contribution in [0.25, 0.3) is 0 Å². The molecule has 0 bridgehead atoms. The van der Waals surface area contributed by atoms with Gasteiger partial charge in [0.1, 0.15) is 6.54 Å². The number of rotatable bonds is 5. The van der Waals surface area contributed by atoms with Gasteiger partial charge in [0.05, 0.1) is 13.3 Å². The smallest absolute Gasteiger partial charge is 0.237 e. The minimum absolute atomic E-state index is 0.0554. The van der Waals surface area contributed by atoms with Crippen LogP contribution < -0.4 is 15.9 Å². The molecular weight excluding hydrogens is 258 g/mol. The van der Waals surface area contributed by atoms with E-state index in [2.05, 4.69) is 4.90 Å². The maximum atomic E-state index is 11.9. The highest BCUT2D eigenvalue weighted by Gasteiger charge is 2.14. The van der Waals surface area contributed by atoms with Crippen molar-refractivity contribution >= 4 is 5.91 Å². The fourth-order valence-electron chi connectivity index (χ4n) is 2.54. The highest BCUT2D eigenvalue weighted by atomic mass is 16.5. The summed E-state index contributed by atoms with van der Waals surface area (Å²) >= 11 is 0. The molecule has 0 aromatic carbocycles. The number of primary amides is 1. The van der Waals surface area contributed by atoms with Gasteiger partial charge >= 0.3 is 0 Å². The molecule has 0 aliphatic carbocycles. The Kier molecular flexibility index (Phi) is 4.79. The molecule has 1 fully saturated rings. The van der Waals surface area contributed by atoms with Crippen molar-refractivity contribution in [1.82, 2.24) is 9.47 Å². The molecule has 6 heteroatoms. The molecule has 1 aromatic heterocycles. The molecule has 1 saturated heterocycles. The van der Waals surface area contributed by atoms with E-state index in [-0.39, 0.29) is 17.7 Å². The molecule has 110 valence electrons. The minimum atomic E-state index is -0.435. The average Bonchev–Trinajstić information content (AvgIpc) is 2.42. The number of nitrogens with two attached hydrogens (primary N) is 1. The van der Waals surface area contributed by atoms with Crippen LogP contribution in [0.15, 0.2) is 17.1 Å². The molecule has 2 N–H and O–H groups in total. The van der Waals surface area contributed by atoms with E-state index < -0.39 is 5.91 Å². The van der Waals surface area contributed by atoms with Crippen molar-refractivity contribution in [3.8, 4) is 5.75 Å². The van der Waals surface area contributed by atoms with Gasteiger partial charge in [-0.1, -0.05) is 6.42 Å². The number of hydrogen-bond acceptors (Lipinski definition) is 4. The molecule has 1 aromatic rings. The third-order valence-electron chi connectivity index (χ3n) is 3.56.